The predicted octanol–water partition coefficient (Wildman–Crippen LogP) is 1.52. The summed E-state index contributed by atoms with van der Waals surface area (Å²) in [7, 11) is 0. The van der Waals surface area contributed by atoms with Crippen LogP contribution in [0.25, 0.3) is 0 Å². The van der Waals surface area contributed by atoms with Crippen LogP contribution in [0.1, 0.15) is 19.8 Å². The number of carbonyl (C=O) groups is 1. The third kappa shape index (κ3) is 4.04. The molecule has 5 heteroatoms. The van der Waals surface area contributed by atoms with E-state index in [-0.39, 0.29) is 6.04 Å². The molecule has 0 spiro atoms. The van der Waals surface area contributed by atoms with E-state index in [1.807, 2.05) is 4.90 Å². The van der Waals surface area contributed by atoms with Crippen molar-refractivity contribution >= 4 is 21.8 Å². The number of rotatable bonds is 4. The highest BCUT2D eigenvalue weighted by molar-refractivity contribution is 9.11. The van der Waals surface area contributed by atoms with E-state index < -0.39 is 0 Å². The summed E-state index contributed by atoms with van der Waals surface area (Å²) in [5, 5.41) is 0. The minimum atomic E-state index is 0.0346. The number of amides is 1. The zero-order chi connectivity index (χ0) is 13.8. The van der Waals surface area contributed by atoms with Crippen LogP contribution >= 0.6 is 15.9 Å². The summed E-state index contributed by atoms with van der Waals surface area (Å²) in [6.45, 7) is 12.7. The van der Waals surface area contributed by atoms with Gasteiger partial charge in [-0.15, -0.1) is 0 Å². The van der Waals surface area contributed by atoms with Crippen molar-refractivity contribution in [2.24, 2.45) is 0 Å². The lowest BCUT2D eigenvalue weighted by Crippen LogP contribution is -2.54. The monoisotopic (exact) mass is 329 g/mol. The highest BCUT2D eigenvalue weighted by atomic mass is 79.9. The maximum atomic E-state index is 12.4. The summed E-state index contributed by atoms with van der Waals surface area (Å²) in [5.41, 5.74) is 0. The number of hydrogen-bond acceptors (Lipinski definition) is 3. The van der Waals surface area contributed by atoms with E-state index in [1.165, 1.54) is 12.8 Å². The Bertz CT molecular complexity index is 334. The molecule has 2 saturated heterocycles. The van der Waals surface area contributed by atoms with E-state index in [2.05, 4.69) is 39.2 Å². The molecule has 0 aromatic carbocycles. The lowest BCUT2D eigenvalue weighted by atomic mass is 10.2. The van der Waals surface area contributed by atoms with E-state index in [0.717, 1.165) is 50.3 Å². The fraction of sp³-hybridized carbons (Fsp3) is 0.786. The molecule has 2 aliphatic rings. The second-order valence-corrected chi connectivity index (χ2v) is 6.66. The van der Waals surface area contributed by atoms with Crippen molar-refractivity contribution in [2.45, 2.75) is 25.8 Å². The van der Waals surface area contributed by atoms with Crippen LogP contribution < -0.4 is 0 Å². The molecular weight excluding hydrogens is 306 g/mol. The van der Waals surface area contributed by atoms with Crippen molar-refractivity contribution in [2.75, 3.05) is 45.8 Å². The molecule has 0 aromatic heterocycles. The molecule has 2 fully saturated rings. The maximum Gasteiger partial charge on any atom is 0.239 e. The van der Waals surface area contributed by atoms with E-state index >= 15 is 0 Å². The molecule has 4 nitrogen and oxygen atoms in total. The van der Waals surface area contributed by atoms with Gasteiger partial charge in [0.25, 0.3) is 0 Å². The Morgan fingerprint density at radius 1 is 1.16 bits per heavy atom. The van der Waals surface area contributed by atoms with Crippen molar-refractivity contribution in [3.8, 4) is 0 Å². The predicted molar refractivity (Wildman–Crippen MR) is 81.4 cm³/mol. The number of halogens is 1. The summed E-state index contributed by atoms with van der Waals surface area (Å²) in [5.74, 6) is 0.316. The van der Waals surface area contributed by atoms with Crippen LogP contribution in [0.5, 0.6) is 0 Å². The number of hydrogen-bond donors (Lipinski definition) is 0. The van der Waals surface area contributed by atoms with Gasteiger partial charge in [0.2, 0.25) is 5.91 Å². The first-order valence-electron chi connectivity index (χ1n) is 7.16. The number of piperazine rings is 1. The molecule has 1 atom stereocenters. The van der Waals surface area contributed by atoms with E-state index in [1.54, 1.807) is 0 Å². The molecule has 1 amide bonds. The molecule has 0 aliphatic carbocycles. The van der Waals surface area contributed by atoms with Crippen LogP contribution in [-0.2, 0) is 4.79 Å². The minimum Gasteiger partial charge on any atom is -0.341 e. The largest absolute Gasteiger partial charge is 0.341 e. The smallest absolute Gasteiger partial charge is 0.239 e. The Morgan fingerprint density at radius 2 is 1.74 bits per heavy atom. The molecular formula is C14H24BrN3O. The third-order valence-corrected chi connectivity index (χ3v) is 4.38. The molecule has 2 heterocycles. The van der Waals surface area contributed by atoms with Gasteiger partial charge in [-0.05, 0) is 19.8 Å². The summed E-state index contributed by atoms with van der Waals surface area (Å²) in [6, 6.07) is 0.0346. The van der Waals surface area contributed by atoms with Gasteiger partial charge < -0.3 is 4.90 Å². The van der Waals surface area contributed by atoms with Crippen LogP contribution in [0.4, 0.5) is 0 Å². The van der Waals surface area contributed by atoms with Crippen LogP contribution in [0, 0.1) is 0 Å². The SMILES string of the molecule is C=C(Br)CN1CCN(C(C)C(=O)N2CCCC2)CC1. The van der Waals surface area contributed by atoms with Crippen LogP contribution in [0.2, 0.25) is 0 Å². The molecule has 108 valence electrons. The van der Waals surface area contributed by atoms with Crippen molar-refractivity contribution < 1.29 is 4.79 Å². The first kappa shape index (κ1) is 15.0. The molecule has 0 N–H and O–H groups in total. The van der Waals surface area contributed by atoms with Gasteiger partial charge in [0.1, 0.15) is 0 Å². The summed E-state index contributed by atoms with van der Waals surface area (Å²) < 4.78 is 1.03. The van der Waals surface area contributed by atoms with Gasteiger partial charge in [0.15, 0.2) is 0 Å². The second kappa shape index (κ2) is 6.86. The molecule has 0 radical (unpaired) electrons. The maximum absolute atomic E-state index is 12.4. The fourth-order valence-corrected chi connectivity index (χ4v) is 3.26. The molecule has 1 unspecified atom stereocenters. The highest BCUT2D eigenvalue weighted by Crippen LogP contribution is 2.14. The zero-order valence-corrected chi connectivity index (χ0v) is 13.4. The van der Waals surface area contributed by atoms with E-state index in [4.69, 9.17) is 0 Å². The van der Waals surface area contributed by atoms with Gasteiger partial charge in [-0.25, -0.2) is 0 Å². The average molecular weight is 330 g/mol. The summed E-state index contributed by atoms with van der Waals surface area (Å²) in [6.07, 6.45) is 2.33. The van der Waals surface area contributed by atoms with Crippen molar-refractivity contribution in [3.05, 3.63) is 11.1 Å². The molecule has 19 heavy (non-hydrogen) atoms. The normalized spacial score (nSPS) is 23.6. The summed E-state index contributed by atoms with van der Waals surface area (Å²) in [4.78, 5) is 19.1. The van der Waals surface area contributed by atoms with Gasteiger partial charge in [0.05, 0.1) is 6.04 Å². The highest BCUT2D eigenvalue weighted by Gasteiger charge is 2.29. The Labute approximate surface area is 124 Å². The number of likely N-dealkylation sites (tertiary alicyclic amines) is 1. The second-order valence-electron chi connectivity index (χ2n) is 5.54. The van der Waals surface area contributed by atoms with Gasteiger partial charge >= 0.3 is 0 Å². The van der Waals surface area contributed by atoms with E-state index in [0.29, 0.717) is 5.91 Å². The van der Waals surface area contributed by atoms with Gasteiger partial charge in [-0.2, -0.15) is 0 Å². The molecule has 0 saturated carbocycles. The first-order valence-corrected chi connectivity index (χ1v) is 7.95. The molecule has 2 aliphatic heterocycles. The van der Waals surface area contributed by atoms with Gasteiger partial charge in [0, 0.05) is 50.3 Å². The lowest BCUT2D eigenvalue weighted by Gasteiger charge is -2.38. The van der Waals surface area contributed by atoms with Gasteiger partial charge in [-0.3, -0.25) is 14.6 Å². The fourth-order valence-electron chi connectivity index (χ4n) is 2.91. The first-order chi connectivity index (χ1) is 9.08. The standard InChI is InChI=1S/C14H24BrN3O/c1-12(15)11-16-7-9-17(10-8-16)13(2)14(19)18-5-3-4-6-18/h13H,1,3-11H2,2H3. The van der Waals surface area contributed by atoms with Crippen molar-refractivity contribution in [1.29, 1.82) is 0 Å². The minimum absolute atomic E-state index is 0.0346. The molecule has 0 bridgehead atoms. The zero-order valence-electron chi connectivity index (χ0n) is 11.8. The summed E-state index contributed by atoms with van der Waals surface area (Å²) >= 11 is 3.41. The van der Waals surface area contributed by atoms with Crippen molar-refractivity contribution in [3.63, 3.8) is 0 Å². The quantitative estimate of drug-likeness (QED) is 0.782. The number of carbonyl (C=O) groups excluding carboxylic acids is 1. The molecule has 0 aromatic rings. The Balaban J connectivity index is 1.79. The average Bonchev–Trinajstić information content (AvgIpc) is 2.91. The topological polar surface area (TPSA) is 26.8 Å². The third-order valence-electron chi connectivity index (χ3n) is 4.12. The van der Waals surface area contributed by atoms with Crippen molar-refractivity contribution in [1.82, 2.24) is 14.7 Å². The number of nitrogens with zero attached hydrogens (tertiary/aromatic N) is 3. The molecule has 2 rings (SSSR count). The van der Waals surface area contributed by atoms with Crippen LogP contribution in [-0.4, -0.2) is 72.5 Å². The van der Waals surface area contributed by atoms with Gasteiger partial charge in [-0.1, -0.05) is 22.5 Å². The Kier molecular flexibility index (Phi) is 5.42. The Morgan fingerprint density at radius 3 is 2.26 bits per heavy atom. The lowest BCUT2D eigenvalue weighted by molar-refractivity contribution is -0.136. The van der Waals surface area contributed by atoms with E-state index in [9.17, 15) is 4.79 Å². The Hall–Kier alpha value is -0.390. The van der Waals surface area contributed by atoms with Crippen LogP contribution in [0.15, 0.2) is 11.1 Å². The van der Waals surface area contributed by atoms with Crippen LogP contribution in [0.3, 0.4) is 0 Å².